The molecule has 0 spiro atoms. The number of fused-ring (bicyclic) bond motifs is 1. The second-order valence-corrected chi connectivity index (χ2v) is 7.46. The zero-order chi connectivity index (χ0) is 15.8. The van der Waals surface area contributed by atoms with Crippen LogP contribution in [0.1, 0.15) is 51.5 Å². The molecule has 0 aromatic carbocycles. The van der Waals surface area contributed by atoms with Gasteiger partial charge in [-0.2, -0.15) is 0 Å². The Morgan fingerprint density at radius 2 is 2.05 bits per heavy atom. The topological polar surface area (TPSA) is 51.3 Å². The van der Waals surface area contributed by atoms with Crippen LogP contribution in [0.15, 0.2) is 12.1 Å². The molecule has 0 fully saturated rings. The highest BCUT2D eigenvalue weighted by Gasteiger charge is 2.33. The molecule has 118 valence electrons. The van der Waals surface area contributed by atoms with Crippen LogP contribution in [0.2, 0.25) is 0 Å². The Bertz CT molecular complexity index is 513. The second-order valence-electron chi connectivity index (χ2n) is 7.46. The lowest BCUT2D eigenvalue weighted by atomic mass is 9.83. The van der Waals surface area contributed by atoms with Crippen LogP contribution >= 0.6 is 0 Å². The van der Waals surface area contributed by atoms with E-state index in [1.54, 1.807) is 0 Å². The maximum atomic E-state index is 12.9. The van der Waals surface area contributed by atoms with Gasteiger partial charge in [-0.05, 0) is 37.8 Å². The van der Waals surface area contributed by atoms with Crippen molar-refractivity contribution in [1.29, 1.82) is 0 Å². The molecule has 4 nitrogen and oxygen atoms in total. The van der Waals surface area contributed by atoms with E-state index in [0.29, 0.717) is 6.54 Å². The number of carbonyl (C=O) groups excluding carboxylic acids is 1. The molecule has 21 heavy (non-hydrogen) atoms. The average Bonchev–Trinajstić information content (AvgIpc) is 2.77. The zero-order valence-electron chi connectivity index (χ0n) is 14.0. The van der Waals surface area contributed by atoms with Crippen LogP contribution in [0.4, 0.5) is 0 Å². The van der Waals surface area contributed by atoms with Gasteiger partial charge in [-0.1, -0.05) is 20.8 Å². The van der Waals surface area contributed by atoms with Crippen LogP contribution in [0.3, 0.4) is 0 Å². The van der Waals surface area contributed by atoms with Crippen molar-refractivity contribution in [2.75, 3.05) is 13.1 Å². The molecule has 1 aliphatic heterocycles. The number of nitrogens with zero attached hydrogens (tertiary/aromatic N) is 2. The van der Waals surface area contributed by atoms with Gasteiger partial charge in [0.2, 0.25) is 5.91 Å². The zero-order valence-corrected chi connectivity index (χ0v) is 14.0. The van der Waals surface area contributed by atoms with Crippen LogP contribution in [-0.2, 0) is 11.3 Å². The smallest absolute Gasteiger partial charge is 0.227 e. The molecule has 4 heteroatoms. The highest BCUT2D eigenvalue weighted by atomic mass is 16.2. The first-order valence-electron chi connectivity index (χ1n) is 7.91. The third kappa shape index (κ3) is 3.31. The first kappa shape index (κ1) is 16.1. The lowest BCUT2D eigenvalue weighted by Crippen LogP contribution is -2.46. The molecular weight excluding hydrogens is 262 g/mol. The van der Waals surface area contributed by atoms with Gasteiger partial charge in [-0.25, -0.2) is 0 Å². The largest absolute Gasteiger partial charge is 0.345 e. The van der Waals surface area contributed by atoms with Gasteiger partial charge >= 0.3 is 0 Å². The number of rotatable bonds is 3. The fourth-order valence-corrected chi connectivity index (χ4v) is 3.37. The molecule has 2 atom stereocenters. The standard InChI is InChI=1S/C17H29N3O/c1-12-6-7-15-13(2)20(9-8-19(12)15)16(21)14(11-18)10-17(3,4)5/h6-7,13-14H,8-11,18H2,1-5H3. The molecule has 1 amide bonds. The number of aryl methyl sites for hydroxylation is 1. The fraction of sp³-hybridized carbons (Fsp3) is 0.706. The quantitative estimate of drug-likeness (QED) is 0.931. The molecule has 2 N–H and O–H groups in total. The highest BCUT2D eigenvalue weighted by Crippen LogP contribution is 2.31. The van der Waals surface area contributed by atoms with Gasteiger partial charge in [0.15, 0.2) is 0 Å². The molecule has 0 radical (unpaired) electrons. The van der Waals surface area contributed by atoms with E-state index in [0.717, 1.165) is 19.5 Å². The van der Waals surface area contributed by atoms with Crippen molar-refractivity contribution in [3.63, 3.8) is 0 Å². The van der Waals surface area contributed by atoms with Gasteiger partial charge in [0, 0.05) is 31.0 Å². The first-order valence-corrected chi connectivity index (χ1v) is 7.91. The monoisotopic (exact) mass is 291 g/mol. The van der Waals surface area contributed by atoms with E-state index in [-0.39, 0.29) is 23.3 Å². The lowest BCUT2D eigenvalue weighted by Gasteiger charge is -2.38. The summed E-state index contributed by atoms with van der Waals surface area (Å²) in [7, 11) is 0. The summed E-state index contributed by atoms with van der Waals surface area (Å²) in [6.07, 6.45) is 0.839. The third-order valence-electron chi connectivity index (χ3n) is 4.47. The van der Waals surface area contributed by atoms with Crippen molar-refractivity contribution in [3.05, 3.63) is 23.5 Å². The summed E-state index contributed by atoms with van der Waals surface area (Å²) < 4.78 is 2.32. The molecule has 1 aliphatic rings. The van der Waals surface area contributed by atoms with E-state index in [1.165, 1.54) is 11.4 Å². The minimum atomic E-state index is -0.0740. The predicted molar refractivity (Wildman–Crippen MR) is 85.9 cm³/mol. The Balaban J connectivity index is 2.16. The van der Waals surface area contributed by atoms with Crippen LogP contribution in [0, 0.1) is 18.3 Å². The molecule has 0 aliphatic carbocycles. The molecule has 1 aromatic rings. The van der Waals surface area contributed by atoms with Crippen molar-refractivity contribution < 1.29 is 4.79 Å². The van der Waals surface area contributed by atoms with Crippen LogP contribution in [-0.4, -0.2) is 28.5 Å². The summed E-state index contributed by atoms with van der Waals surface area (Å²) in [4.78, 5) is 14.9. The van der Waals surface area contributed by atoms with Gasteiger partial charge < -0.3 is 15.2 Å². The maximum absolute atomic E-state index is 12.9. The number of aromatic nitrogens is 1. The molecule has 1 aromatic heterocycles. The minimum Gasteiger partial charge on any atom is -0.345 e. The van der Waals surface area contributed by atoms with Crippen LogP contribution in [0.25, 0.3) is 0 Å². The van der Waals surface area contributed by atoms with Crippen LogP contribution in [0.5, 0.6) is 0 Å². The average molecular weight is 291 g/mol. The third-order valence-corrected chi connectivity index (χ3v) is 4.47. The van der Waals surface area contributed by atoms with E-state index < -0.39 is 0 Å². The molecule has 2 rings (SSSR count). The Morgan fingerprint density at radius 1 is 1.38 bits per heavy atom. The maximum Gasteiger partial charge on any atom is 0.227 e. The Morgan fingerprint density at radius 3 is 2.62 bits per heavy atom. The number of hydrogen-bond acceptors (Lipinski definition) is 2. The van der Waals surface area contributed by atoms with E-state index in [2.05, 4.69) is 51.3 Å². The normalized spacial score (nSPS) is 20.3. The van der Waals surface area contributed by atoms with E-state index >= 15 is 0 Å². The van der Waals surface area contributed by atoms with Crippen molar-refractivity contribution in [3.8, 4) is 0 Å². The van der Waals surface area contributed by atoms with Gasteiger partial charge in [-0.3, -0.25) is 4.79 Å². The molecule has 0 bridgehead atoms. The molecular formula is C17H29N3O. The summed E-state index contributed by atoms with van der Waals surface area (Å²) in [6.45, 7) is 12.8. The molecule has 0 saturated carbocycles. The Labute approximate surface area is 128 Å². The van der Waals surface area contributed by atoms with Crippen LogP contribution < -0.4 is 5.73 Å². The first-order chi connectivity index (χ1) is 9.74. The van der Waals surface area contributed by atoms with E-state index in [9.17, 15) is 4.79 Å². The highest BCUT2D eigenvalue weighted by molar-refractivity contribution is 5.79. The summed E-state index contributed by atoms with van der Waals surface area (Å²) >= 11 is 0. The second kappa shape index (κ2) is 5.84. The molecule has 2 heterocycles. The summed E-state index contributed by atoms with van der Waals surface area (Å²) in [5.41, 5.74) is 8.51. The van der Waals surface area contributed by atoms with E-state index in [4.69, 9.17) is 5.73 Å². The minimum absolute atomic E-state index is 0.0740. The van der Waals surface area contributed by atoms with Crippen molar-refractivity contribution in [1.82, 2.24) is 9.47 Å². The number of amides is 1. The van der Waals surface area contributed by atoms with Gasteiger partial charge in [0.1, 0.15) is 0 Å². The SMILES string of the molecule is Cc1ccc2n1CCN(C(=O)C(CN)CC(C)(C)C)C2C. The fourth-order valence-electron chi connectivity index (χ4n) is 3.37. The summed E-state index contributed by atoms with van der Waals surface area (Å²) in [5, 5.41) is 0. The predicted octanol–water partition coefficient (Wildman–Crippen LogP) is 2.71. The number of nitrogens with two attached hydrogens (primary N) is 1. The summed E-state index contributed by atoms with van der Waals surface area (Å²) in [6, 6.07) is 4.41. The number of hydrogen-bond donors (Lipinski definition) is 1. The Kier molecular flexibility index (Phi) is 4.47. The van der Waals surface area contributed by atoms with Gasteiger partial charge in [0.25, 0.3) is 0 Å². The Hall–Kier alpha value is -1.29. The van der Waals surface area contributed by atoms with Gasteiger partial charge in [-0.15, -0.1) is 0 Å². The van der Waals surface area contributed by atoms with E-state index in [1.807, 2.05) is 4.90 Å². The van der Waals surface area contributed by atoms with Gasteiger partial charge in [0.05, 0.1) is 12.0 Å². The van der Waals surface area contributed by atoms with Crippen molar-refractivity contribution >= 4 is 5.91 Å². The number of carbonyl (C=O) groups is 1. The molecule has 0 saturated heterocycles. The van der Waals surface area contributed by atoms with Crippen molar-refractivity contribution in [2.24, 2.45) is 17.1 Å². The van der Waals surface area contributed by atoms with Crippen molar-refractivity contribution in [2.45, 2.75) is 53.6 Å². The molecule has 2 unspecified atom stereocenters. The lowest BCUT2D eigenvalue weighted by molar-refractivity contribution is -0.139. The summed E-state index contributed by atoms with van der Waals surface area (Å²) in [5.74, 6) is 0.139.